The van der Waals surface area contributed by atoms with E-state index < -0.39 is 11.9 Å². The largest absolute Gasteiger partial charge is 0.459 e. The van der Waals surface area contributed by atoms with Crippen LogP contribution >= 0.6 is 0 Å². The standard InChI is InChI=1S/C25H20N2O5/c1-15-22-19(26-27-24(28)21-10-5-13-30-21)8-4-9-20(22)32-23(15)25(29)31-18-12-11-16-6-2-3-7-17(16)14-18/h2-3,5-7,10-14H,4,8-9H2,1H3,(H,27,28)/b26-19+. The molecule has 1 aliphatic rings. The van der Waals surface area contributed by atoms with Gasteiger partial charge < -0.3 is 13.6 Å². The molecule has 0 atom stereocenters. The lowest BCUT2D eigenvalue weighted by atomic mass is 9.93. The van der Waals surface area contributed by atoms with Crippen LogP contribution in [0.3, 0.4) is 0 Å². The number of hydrogen-bond donors (Lipinski definition) is 1. The Balaban J connectivity index is 1.39. The molecule has 2 aromatic heterocycles. The fourth-order valence-corrected chi connectivity index (χ4v) is 3.94. The molecule has 32 heavy (non-hydrogen) atoms. The predicted molar refractivity (Wildman–Crippen MR) is 118 cm³/mol. The first kappa shape index (κ1) is 19.8. The molecular weight excluding hydrogens is 408 g/mol. The third-order valence-electron chi connectivity index (χ3n) is 5.48. The number of amides is 1. The van der Waals surface area contributed by atoms with E-state index in [0.717, 1.165) is 22.8 Å². The molecule has 0 aliphatic heterocycles. The highest BCUT2D eigenvalue weighted by Gasteiger charge is 2.29. The molecular formula is C25H20N2O5. The van der Waals surface area contributed by atoms with Gasteiger partial charge in [0.15, 0.2) is 5.76 Å². The van der Waals surface area contributed by atoms with Crippen molar-refractivity contribution < 1.29 is 23.2 Å². The first-order valence-electron chi connectivity index (χ1n) is 10.3. The fraction of sp³-hybridized carbons (Fsp3) is 0.160. The third-order valence-corrected chi connectivity index (χ3v) is 5.48. The van der Waals surface area contributed by atoms with Crippen molar-refractivity contribution in [2.75, 3.05) is 0 Å². The van der Waals surface area contributed by atoms with Crippen LogP contribution < -0.4 is 10.2 Å². The highest BCUT2D eigenvalue weighted by atomic mass is 16.5. The summed E-state index contributed by atoms with van der Waals surface area (Å²) in [6, 6.07) is 16.5. The van der Waals surface area contributed by atoms with E-state index in [2.05, 4.69) is 10.5 Å². The lowest BCUT2D eigenvalue weighted by molar-refractivity contribution is 0.0698. The first-order valence-corrected chi connectivity index (χ1v) is 10.3. The van der Waals surface area contributed by atoms with Gasteiger partial charge in [0.2, 0.25) is 5.76 Å². The number of aryl methyl sites for hydroxylation is 1. The summed E-state index contributed by atoms with van der Waals surface area (Å²) in [5.74, 6) is 0.439. The van der Waals surface area contributed by atoms with Crippen molar-refractivity contribution >= 4 is 28.4 Å². The Morgan fingerprint density at radius 2 is 1.88 bits per heavy atom. The smallest absolute Gasteiger partial charge is 0.379 e. The highest BCUT2D eigenvalue weighted by Crippen LogP contribution is 2.31. The summed E-state index contributed by atoms with van der Waals surface area (Å²) in [6.45, 7) is 1.80. The molecule has 1 aliphatic carbocycles. The molecule has 0 spiro atoms. The van der Waals surface area contributed by atoms with E-state index >= 15 is 0 Å². The van der Waals surface area contributed by atoms with Crippen molar-refractivity contribution in [1.29, 1.82) is 0 Å². The highest BCUT2D eigenvalue weighted by molar-refractivity contribution is 6.06. The maximum absolute atomic E-state index is 12.9. The van der Waals surface area contributed by atoms with Gasteiger partial charge in [-0.25, -0.2) is 10.2 Å². The van der Waals surface area contributed by atoms with E-state index in [9.17, 15) is 9.59 Å². The Hall–Kier alpha value is -4.13. The van der Waals surface area contributed by atoms with Gasteiger partial charge in [-0.05, 0) is 54.8 Å². The molecule has 2 heterocycles. The van der Waals surface area contributed by atoms with Crippen LogP contribution in [0.5, 0.6) is 5.75 Å². The first-order chi connectivity index (χ1) is 15.6. The molecule has 5 rings (SSSR count). The van der Waals surface area contributed by atoms with Gasteiger partial charge in [0.05, 0.1) is 12.0 Å². The molecule has 0 saturated carbocycles. The minimum Gasteiger partial charge on any atom is -0.459 e. The number of carbonyl (C=O) groups is 2. The van der Waals surface area contributed by atoms with Crippen molar-refractivity contribution in [2.45, 2.75) is 26.2 Å². The quantitative estimate of drug-likeness (QED) is 0.280. The topological polar surface area (TPSA) is 94.0 Å². The molecule has 0 unspecified atom stereocenters. The van der Waals surface area contributed by atoms with Crippen LogP contribution in [0.25, 0.3) is 10.8 Å². The van der Waals surface area contributed by atoms with Crippen LogP contribution in [-0.4, -0.2) is 17.6 Å². The summed E-state index contributed by atoms with van der Waals surface area (Å²) in [5, 5.41) is 6.32. The van der Waals surface area contributed by atoms with Crippen molar-refractivity contribution in [3.63, 3.8) is 0 Å². The number of carbonyl (C=O) groups excluding carboxylic acids is 2. The summed E-state index contributed by atoms with van der Waals surface area (Å²) in [5.41, 5.74) is 4.58. The second-order valence-electron chi connectivity index (χ2n) is 7.58. The summed E-state index contributed by atoms with van der Waals surface area (Å²) < 4.78 is 16.6. The molecule has 1 N–H and O–H groups in total. The van der Waals surface area contributed by atoms with Crippen LogP contribution in [0.2, 0.25) is 0 Å². The summed E-state index contributed by atoms with van der Waals surface area (Å²) in [6.07, 6.45) is 3.57. The van der Waals surface area contributed by atoms with Gasteiger partial charge in [0.1, 0.15) is 11.5 Å². The number of hydrogen-bond acceptors (Lipinski definition) is 6. The Morgan fingerprint density at radius 3 is 2.69 bits per heavy atom. The number of rotatable bonds is 4. The van der Waals surface area contributed by atoms with Gasteiger partial charge in [0, 0.05) is 17.5 Å². The molecule has 0 fully saturated rings. The number of nitrogens with one attached hydrogen (secondary N) is 1. The molecule has 1 amide bonds. The molecule has 0 bridgehead atoms. The van der Waals surface area contributed by atoms with E-state index in [1.165, 1.54) is 6.26 Å². The SMILES string of the molecule is Cc1c(C(=O)Oc2ccc3ccccc3c2)oc2c1/C(=N/NC(=O)c1ccco1)CCC2. The molecule has 2 aromatic carbocycles. The molecule has 7 nitrogen and oxygen atoms in total. The minimum absolute atomic E-state index is 0.148. The Bertz CT molecular complexity index is 1350. The number of nitrogens with zero attached hydrogens (tertiary/aromatic N) is 1. The van der Waals surface area contributed by atoms with Gasteiger partial charge in [-0.1, -0.05) is 30.3 Å². The summed E-state index contributed by atoms with van der Waals surface area (Å²) in [4.78, 5) is 25.0. The maximum atomic E-state index is 12.9. The summed E-state index contributed by atoms with van der Waals surface area (Å²) in [7, 11) is 0. The van der Waals surface area contributed by atoms with Crippen molar-refractivity contribution in [2.24, 2.45) is 5.10 Å². The zero-order valence-corrected chi connectivity index (χ0v) is 17.4. The van der Waals surface area contributed by atoms with Crippen molar-refractivity contribution in [3.05, 3.63) is 89.3 Å². The van der Waals surface area contributed by atoms with E-state index in [4.69, 9.17) is 13.6 Å². The second-order valence-corrected chi connectivity index (χ2v) is 7.58. The number of benzene rings is 2. The average Bonchev–Trinajstić information content (AvgIpc) is 3.46. The fourth-order valence-electron chi connectivity index (χ4n) is 3.94. The number of furan rings is 2. The van der Waals surface area contributed by atoms with E-state index in [0.29, 0.717) is 35.6 Å². The van der Waals surface area contributed by atoms with E-state index in [1.807, 2.05) is 36.4 Å². The van der Waals surface area contributed by atoms with Crippen LogP contribution in [-0.2, 0) is 6.42 Å². The van der Waals surface area contributed by atoms with Crippen molar-refractivity contribution in [3.8, 4) is 5.75 Å². The Kier molecular flexibility index (Phi) is 5.07. The van der Waals surface area contributed by atoms with Gasteiger partial charge >= 0.3 is 11.9 Å². The van der Waals surface area contributed by atoms with Gasteiger partial charge in [-0.2, -0.15) is 5.10 Å². The second kappa shape index (κ2) is 8.19. The zero-order valence-electron chi connectivity index (χ0n) is 17.4. The predicted octanol–water partition coefficient (Wildman–Crippen LogP) is 5.02. The van der Waals surface area contributed by atoms with E-state index in [-0.39, 0.29) is 11.5 Å². The van der Waals surface area contributed by atoms with Crippen LogP contribution in [0.4, 0.5) is 0 Å². The monoisotopic (exact) mass is 428 g/mol. The lowest BCUT2D eigenvalue weighted by Crippen LogP contribution is -2.21. The summed E-state index contributed by atoms with van der Waals surface area (Å²) >= 11 is 0. The van der Waals surface area contributed by atoms with E-state index in [1.54, 1.807) is 25.1 Å². The molecule has 0 saturated heterocycles. The number of fused-ring (bicyclic) bond motifs is 2. The number of ether oxygens (including phenoxy) is 1. The van der Waals surface area contributed by atoms with Crippen molar-refractivity contribution in [1.82, 2.24) is 5.43 Å². The van der Waals surface area contributed by atoms with Gasteiger partial charge in [0.25, 0.3) is 0 Å². The van der Waals surface area contributed by atoms with Crippen LogP contribution in [0.1, 0.15) is 50.8 Å². The maximum Gasteiger partial charge on any atom is 0.379 e. The van der Waals surface area contributed by atoms with Gasteiger partial charge in [-0.15, -0.1) is 0 Å². The van der Waals surface area contributed by atoms with Gasteiger partial charge in [-0.3, -0.25) is 4.79 Å². The minimum atomic E-state index is -0.564. The Labute approximate surface area is 183 Å². The molecule has 0 radical (unpaired) electrons. The molecule has 7 heteroatoms. The third kappa shape index (κ3) is 3.69. The lowest BCUT2D eigenvalue weighted by Gasteiger charge is -2.13. The number of hydrazone groups is 1. The normalized spacial score (nSPS) is 14.3. The molecule has 160 valence electrons. The zero-order chi connectivity index (χ0) is 22.1. The Morgan fingerprint density at radius 1 is 1.03 bits per heavy atom. The number of esters is 1. The van der Waals surface area contributed by atoms with Crippen LogP contribution in [0.15, 0.2) is 74.8 Å². The molecule has 4 aromatic rings. The van der Waals surface area contributed by atoms with Crippen LogP contribution in [0, 0.1) is 6.92 Å². The average molecular weight is 428 g/mol.